The van der Waals surface area contributed by atoms with Crippen molar-refractivity contribution < 1.29 is 9.59 Å². The first-order valence-electron chi connectivity index (χ1n) is 6.41. The molecule has 0 radical (unpaired) electrons. The number of carbonyl (C=O) groups is 2. The molecule has 1 aliphatic rings. The number of primary amides is 1. The number of likely N-dealkylation sites (tertiary alicyclic amines) is 1. The molecule has 0 atom stereocenters. The number of nitrogens with zero attached hydrogens (tertiary/aromatic N) is 2. The van der Waals surface area contributed by atoms with E-state index in [0.717, 1.165) is 18.8 Å². The molecule has 1 aromatic rings. The molecule has 6 nitrogen and oxygen atoms in total. The Hall–Kier alpha value is -2.63. The molecule has 0 aromatic carbocycles. The molecule has 1 aliphatic heterocycles. The SMILES string of the molecule is C=C(C)C(N)=O.C=CN1CCCC1=O.C=Cc1ncc[nH]1. The van der Waals surface area contributed by atoms with E-state index in [2.05, 4.69) is 29.7 Å². The molecule has 0 unspecified atom stereocenters. The smallest absolute Gasteiger partial charge is 0.243 e. The standard InChI is InChI=1S/C6H9NO.C5H6N2.C4H7NO/c1-2-7-5-3-4-6(7)8;1-2-5-6-3-4-7-5;1-3(2)4(5)6/h2H,1,3-5H2;2-4H,1H2,(H,6,7);1H2,2H3,(H2,5,6). The van der Waals surface area contributed by atoms with Gasteiger partial charge < -0.3 is 15.6 Å². The van der Waals surface area contributed by atoms with Crippen LogP contribution in [0.1, 0.15) is 25.6 Å². The lowest BCUT2D eigenvalue weighted by Gasteiger charge is -2.05. The van der Waals surface area contributed by atoms with E-state index < -0.39 is 5.91 Å². The van der Waals surface area contributed by atoms with E-state index in [4.69, 9.17) is 5.73 Å². The second-order valence-electron chi connectivity index (χ2n) is 4.20. The van der Waals surface area contributed by atoms with Crippen LogP contribution in [0.2, 0.25) is 0 Å². The van der Waals surface area contributed by atoms with Crippen molar-refractivity contribution in [3.05, 3.63) is 49.7 Å². The molecule has 1 fully saturated rings. The predicted octanol–water partition coefficient (Wildman–Crippen LogP) is 1.85. The highest BCUT2D eigenvalue weighted by atomic mass is 16.2. The summed E-state index contributed by atoms with van der Waals surface area (Å²) in [6.45, 7) is 12.7. The zero-order chi connectivity index (χ0) is 16.3. The number of hydrogen-bond acceptors (Lipinski definition) is 3. The molecule has 6 heteroatoms. The van der Waals surface area contributed by atoms with Crippen LogP contribution in [0.25, 0.3) is 6.08 Å². The Kier molecular flexibility index (Phi) is 8.92. The lowest BCUT2D eigenvalue weighted by atomic mass is 10.3. The van der Waals surface area contributed by atoms with Gasteiger partial charge in [-0.1, -0.05) is 19.7 Å². The van der Waals surface area contributed by atoms with Crippen molar-refractivity contribution in [3.8, 4) is 0 Å². The summed E-state index contributed by atoms with van der Waals surface area (Å²) < 4.78 is 0. The van der Waals surface area contributed by atoms with E-state index in [9.17, 15) is 9.59 Å². The molecule has 2 rings (SSSR count). The van der Waals surface area contributed by atoms with Crippen LogP contribution in [0.15, 0.2) is 43.9 Å². The van der Waals surface area contributed by atoms with Crippen LogP contribution in [0.3, 0.4) is 0 Å². The van der Waals surface area contributed by atoms with E-state index in [1.54, 1.807) is 36.5 Å². The Bertz CT molecular complexity index is 480. The van der Waals surface area contributed by atoms with Crippen LogP contribution in [0.4, 0.5) is 0 Å². The number of amides is 2. The van der Waals surface area contributed by atoms with E-state index in [0.29, 0.717) is 12.0 Å². The average Bonchev–Trinajstić information content (AvgIpc) is 3.10. The van der Waals surface area contributed by atoms with Crippen LogP contribution in [-0.4, -0.2) is 33.2 Å². The van der Waals surface area contributed by atoms with Gasteiger partial charge in [-0.15, -0.1) is 0 Å². The maximum Gasteiger partial charge on any atom is 0.243 e. The highest BCUT2D eigenvalue weighted by molar-refractivity contribution is 5.90. The van der Waals surface area contributed by atoms with Gasteiger partial charge in [0, 0.05) is 30.9 Å². The predicted molar refractivity (Wildman–Crippen MR) is 83.8 cm³/mol. The van der Waals surface area contributed by atoms with Crippen molar-refractivity contribution in [1.82, 2.24) is 14.9 Å². The van der Waals surface area contributed by atoms with Gasteiger partial charge in [-0.2, -0.15) is 0 Å². The molecule has 2 heterocycles. The highest BCUT2D eigenvalue weighted by Gasteiger charge is 2.15. The molecule has 3 N–H and O–H groups in total. The van der Waals surface area contributed by atoms with Crippen LogP contribution >= 0.6 is 0 Å². The van der Waals surface area contributed by atoms with Gasteiger partial charge in [0.25, 0.3) is 0 Å². The Morgan fingerprint density at radius 3 is 2.33 bits per heavy atom. The molecule has 1 aromatic heterocycles. The van der Waals surface area contributed by atoms with Crippen molar-refractivity contribution in [2.75, 3.05) is 6.54 Å². The zero-order valence-electron chi connectivity index (χ0n) is 12.3. The summed E-state index contributed by atoms with van der Waals surface area (Å²) in [7, 11) is 0. The number of carbonyl (C=O) groups excluding carboxylic acids is 2. The highest BCUT2D eigenvalue weighted by Crippen LogP contribution is 2.08. The van der Waals surface area contributed by atoms with Crippen LogP contribution in [0.5, 0.6) is 0 Å². The van der Waals surface area contributed by atoms with Crippen LogP contribution in [-0.2, 0) is 9.59 Å². The van der Waals surface area contributed by atoms with Gasteiger partial charge in [-0.05, 0) is 25.6 Å². The summed E-state index contributed by atoms with van der Waals surface area (Å²) in [6, 6.07) is 0. The van der Waals surface area contributed by atoms with Crippen molar-refractivity contribution >= 4 is 17.9 Å². The van der Waals surface area contributed by atoms with Crippen molar-refractivity contribution in [1.29, 1.82) is 0 Å². The molecule has 0 aliphatic carbocycles. The summed E-state index contributed by atoms with van der Waals surface area (Å²) in [4.78, 5) is 28.9. The normalized spacial score (nSPS) is 12.4. The number of imidazole rings is 1. The van der Waals surface area contributed by atoms with Crippen molar-refractivity contribution in [2.45, 2.75) is 19.8 Å². The quantitative estimate of drug-likeness (QED) is 0.832. The van der Waals surface area contributed by atoms with E-state index in [-0.39, 0.29) is 5.91 Å². The number of nitrogens with one attached hydrogen (secondary N) is 1. The Morgan fingerprint density at radius 2 is 2.14 bits per heavy atom. The summed E-state index contributed by atoms with van der Waals surface area (Å²) in [6.07, 6.45) is 8.40. The van der Waals surface area contributed by atoms with Gasteiger partial charge >= 0.3 is 0 Å². The summed E-state index contributed by atoms with van der Waals surface area (Å²) >= 11 is 0. The second-order valence-corrected chi connectivity index (χ2v) is 4.20. The van der Waals surface area contributed by atoms with Gasteiger partial charge in [-0.25, -0.2) is 4.98 Å². The summed E-state index contributed by atoms with van der Waals surface area (Å²) in [5.41, 5.74) is 5.09. The maximum atomic E-state index is 10.7. The Balaban J connectivity index is 0.000000290. The first-order valence-corrected chi connectivity index (χ1v) is 6.41. The minimum absolute atomic E-state index is 0.208. The maximum absolute atomic E-state index is 10.7. The van der Waals surface area contributed by atoms with Gasteiger partial charge in [0.2, 0.25) is 11.8 Å². The fourth-order valence-electron chi connectivity index (χ4n) is 1.25. The topological polar surface area (TPSA) is 92.1 Å². The van der Waals surface area contributed by atoms with Gasteiger partial charge in [0.15, 0.2) is 0 Å². The third kappa shape index (κ3) is 8.20. The largest absolute Gasteiger partial charge is 0.366 e. The molecule has 0 saturated carbocycles. The van der Waals surface area contributed by atoms with E-state index in [1.807, 2.05) is 0 Å². The average molecular weight is 290 g/mol. The number of H-pyrrole nitrogens is 1. The lowest BCUT2D eigenvalue weighted by molar-refractivity contribution is -0.125. The van der Waals surface area contributed by atoms with Crippen LogP contribution < -0.4 is 5.73 Å². The molecule has 114 valence electrons. The Morgan fingerprint density at radius 1 is 1.52 bits per heavy atom. The van der Waals surface area contributed by atoms with E-state index in [1.165, 1.54) is 0 Å². The molecular weight excluding hydrogens is 268 g/mol. The zero-order valence-corrected chi connectivity index (χ0v) is 12.3. The van der Waals surface area contributed by atoms with Crippen molar-refractivity contribution in [3.63, 3.8) is 0 Å². The fourth-order valence-corrected chi connectivity index (χ4v) is 1.25. The lowest BCUT2D eigenvalue weighted by Crippen LogP contribution is -2.16. The summed E-state index contributed by atoms with van der Waals surface area (Å²) in [5, 5.41) is 0. The first-order chi connectivity index (χ1) is 9.92. The molecule has 0 spiro atoms. The van der Waals surface area contributed by atoms with Gasteiger partial charge in [0.05, 0.1) is 0 Å². The number of aromatic nitrogens is 2. The number of hydrogen-bond donors (Lipinski definition) is 2. The fraction of sp³-hybridized carbons (Fsp3) is 0.267. The molecule has 1 saturated heterocycles. The van der Waals surface area contributed by atoms with E-state index >= 15 is 0 Å². The number of rotatable bonds is 3. The third-order valence-electron chi connectivity index (χ3n) is 2.46. The Labute approximate surface area is 125 Å². The second kappa shape index (κ2) is 10.2. The minimum Gasteiger partial charge on any atom is -0.366 e. The number of aromatic amines is 1. The summed E-state index contributed by atoms with van der Waals surface area (Å²) in [5.74, 6) is 0.593. The minimum atomic E-state index is -0.435. The van der Waals surface area contributed by atoms with Crippen LogP contribution in [0, 0.1) is 0 Å². The van der Waals surface area contributed by atoms with Gasteiger partial charge in [0.1, 0.15) is 5.82 Å². The number of nitrogens with two attached hydrogens (primary N) is 1. The monoisotopic (exact) mass is 290 g/mol. The molecule has 21 heavy (non-hydrogen) atoms. The molecular formula is C15H22N4O2. The first kappa shape index (κ1) is 18.4. The van der Waals surface area contributed by atoms with Gasteiger partial charge in [-0.3, -0.25) is 9.59 Å². The molecule has 2 amide bonds. The molecule has 0 bridgehead atoms. The third-order valence-corrected chi connectivity index (χ3v) is 2.46. The van der Waals surface area contributed by atoms with Crippen molar-refractivity contribution in [2.24, 2.45) is 5.73 Å².